The molecule has 0 amide bonds. The van der Waals surface area contributed by atoms with Gasteiger partial charge in [-0.2, -0.15) is 0 Å². The monoisotopic (exact) mass is 338 g/mol. The summed E-state index contributed by atoms with van der Waals surface area (Å²) in [6.45, 7) is 0. The van der Waals surface area contributed by atoms with Crippen LogP contribution in [0.4, 0.5) is 0 Å². The van der Waals surface area contributed by atoms with Gasteiger partial charge >= 0.3 is 23.9 Å². The molecule has 0 heterocycles. The molecule has 0 bridgehead atoms. The Morgan fingerprint density at radius 3 is 1.75 bits per heavy atom. The third-order valence-electron chi connectivity index (χ3n) is 2.93. The summed E-state index contributed by atoms with van der Waals surface area (Å²) < 4.78 is 13.7. The molecular weight excluding hydrogens is 324 g/mol. The van der Waals surface area contributed by atoms with Gasteiger partial charge in [0, 0.05) is 5.56 Å². The lowest BCUT2D eigenvalue weighted by Crippen LogP contribution is -2.17. The van der Waals surface area contributed by atoms with E-state index in [0.717, 1.165) is 32.6 Å². The van der Waals surface area contributed by atoms with Crippen molar-refractivity contribution in [3.05, 3.63) is 40.6 Å². The highest BCUT2D eigenvalue weighted by Crippen LogP contribution is 2.27. The van der Waals surface area contributed by atoms with Crippen LogP contribution in [-0.2, 0) is 19.0 Å². The Kier molecular flexibility index (Phi) is 6.05. The van der Waals surface area contributed by atoms with Crippen LogP contribution in [0.25, 0.3) is 5.57 Å². The van der Waals surface area contributed by atoms with Crippen LogP contribution in [-0.4, -0.2) is 55.4 Å². The second-order valence-electron chi connectivity index (χ2n) is 4.31. The van der Waals surface area contributed by atoms with Gasteiger partial charge in [-0.25, -0.2) is 19.2 Å². The number of carboxylic acid groups (broad SMARTS) is 2. The number of methoxy groups -OCH3 is 3. The molecule has 0 atom stereocenters. The van der Waals surface area contributed by atoms with Gasteiger partial charge in [0.2, 0.25) is 0 Å². The molecule has 0 aliphatic heterocycles. The molecule has 24 heavy (non-hydrogen) atoms. The number of carboxylic acids is 2. The number of carbonyl (C=O) groups is 4. The molecule has 9 nitrogen and oxygen atoms in total. The van der Waals surface area contributed by atoms with Crippen molar-refractivity contribution in [2.75, 3.05) is 21.3 Å². The molecule has 1 rings (SSSR count). The molecule has 0 unspecified atom stereocenters. The van der Waals surface area contributed by atoms with Crippen LogP contribution in [0.5, 0.6) is 0 Å². The third kappa shape index (κ3) is 3.69. The van der Waals surface area contributed by atoms with E-state index in [1.807, 2.05) is 0 Å². The van der Waals surface area contributed by atoms with Gasteiger partial charge in [0.15, 0.2) is 0 Å². The summed E-state index contributed by atoms with van der Waals surface area (Å²) in [6.07, 6.45) is 0.859. The summed E-state index contributed by atoms with van der Waals surface area (Å²) in [6, 6.07) is 1.81. The second kappa shape index (κ2) is 7.77. The van der Waals surface area contributed by atoms with Crippen LogP contribution >= 0.6 is 0 Å². The Morgan fingerprint density at radius 1 is 0.917 bits per heavy atom. The van der Waals surface area contributed by atoms with E-state index in [1.54, 1.807) is 0 Å². The van der Waals surface area contributed by atoms with Crippen LogP contribution in [0.15, 0.2) is 18.4 Å². The van der Waals surface area contributed by atoms with Crippen LogP contribution in [0.1, 0.15) is 36.6 Å². The first-order valence-electron chi connectivity index (χ1n) is 6.33. The Balaban J connectivity index is 3.89. The number of benzene rings is 1. The molecule has 1 aromatic carbocycles. The zero-order valence-corrected chi connectivity index (χ0v) is 13.0. The van der Waals surface area contributed by atoms with E-state index in [2.05, 4.69) is 9.47 Å². The average Bonchev–Trinajstić information content (AvgIpc) is 2.56. The molecular formula is C15H14O9. The summed E-state index contributed by atoms with van der Waals surface area (Å²) in [7, 11) is 3.28. The van der Waals surface area contributed by atoms with Crippen molar-refractivity contribution in [3.8, 4) is 0 Å². The first-order valence-corrected chi connectivity index (χ1v) is 6.33. The third-order valence-corrected chi connectivity index (χ3v) is 2.93. The van der Waals surface area contributed by atoms with Crippen molar-refractivity contribution >= 4 is 29.5 Å². The van der Waals surface area contributed by atoms with Crippen LogP contribution < -0.4 is 0 Å². The minimum absolute atomic E-state index is 0.294. The summed E-state index contributed by atoms with van der Waals surface area (Å²) in [5, 5.41) is 18.7. The normalized spacial score (nSPS) is 10.7. The highest BCUT2D eigenvalue weighted by molar-refractivity contribution is 6.21. The fourth-order valence-corrected chi connectivity index (χ4v) is 1.94. The van der Waals surface area contributed by atoms with Crippen molar-refractivity contribution in [2.24, 2.45) is 0 Å². The number of ether oxygens (including phenoxy) is 3. The molecule has 0 fully saturated rings. The van der Waals surface area contributed by atoms with Gasteiger partial charge in [-0.3, -0.25) is 0 Å². The number of hydrogen-bond donors (Lipinski definition) is 2. The Labute approximate surface area is 136 Å². The SMILES string of the molecule is COC=C(C(=O)OC)c1c(C(=O)O)cc(C(=O)OC)cc1C(=O)O. The quantitative estimate of drug-likeness (QED) is 0.442. The molecule has 9 heteroatoms. The van der Waals surface area contributed by atoms with Gasteiger partial charge in [-0.05, 0) is 12.1 Å². The predicted molar refractivity (Wildman–Crippen MR) is 78.7 cm³/mol. The molecule has 2 N–H and O–H groups in total. The Bertz CT molecular complexity index is 695. The highest BCUT2D eigenvalue weighted by atomic mass is 16.5. The standard InChI is InChI=1S/C15H14O9/c1-22-6-10(15(21)24-3)11-8(12(16)17)4-7(14(20)23-2)5-9(11)13(18)19/h4-6H,1-3H3,(H,16,17)(H,18,19). The molecule has 128 valence electrons. The maximum absolute atomic E-state index is 11.9. The van der Waals surface area contributed by atoms with Crippen LogP contribution in [0, 0.1) is 0 Å². The zero-order valence-electron chi connectivity index (χ0n) is 13.0. The van der Waals surface area contributed by atoms with E-state index in [4.69, 9.17) is 4.74 Å². The lowest BCUT2D eigenvalue weighted by Gasteiger charge is -2.14. The van der Waals surface area contributed by atoms with Gasteiger partial charge in [0.1, 0.15) is 5.57 Å². The first-order chi connectivity index (χ1) is 11.3. The van der Waals surface area contributed by atoms with E-state index in [-0.39, 0.29) is 5.56 Å². The Morgan fingerprint density at radius 2 is 1.42 bits per heavy atom. The van der Waals surface area contributed by atoms with E-state index in [1.165, 1.54) is 7.11 Å². The van der Waals surface area contributed by atoms with E-state index in [0.29, 0.717) is 0 Å². The van der Waals surface area contributed by atoms with Gasteiger partial charge in [0.25, 0.3) is 0 Å². The molecule has 0 saturated carbocycles. The average molecular weight is 338 g/mol. The summed E-state index contributed by atoms with van der Waals surface area (Å²) in [4.78, 5) is 46.5. The van der Waals surface area contributed by atoms with E-state index >= 15 is 0 Å². The number of aromatic carboxylic acids is 2. The van der Waals surface area contributed by atoms with Gasteiger partial charge < -0.3 is 24.4 Å². The number of esters is 2. The summed E-state index contributed by atoms with van der Waals surface area (Å²) in [5.41, 5.74) is -2.35. The van der Waals surface area contributed by atoms with Gasteiger partial charge in [-0.1, -0.05) is 0 Å². The van der Waals surface area contributed by atoms with Crippen molar-refractivity contribution in [1.82, 2.24) is 0 Å². The topological polar surface area (TPSA) is 136 Å². The van der Waals surface area contributed by atoms with Crippen molar-refractivity contribution in [3.63, 3.8) is 0 Å². The maximum Gasteiger partial charge on any atom is 0.341 e. The molecule has 1 aromatic rings. The first kappa shape index (κ1) is 18.7. The van der Waals surface area contributed by atoms with Gasteiger partial charge in [0.05, 0.1) is 44.3 Å². The molecule has 0 aromatic heterocycles. The van der Waals surface area contributed by atoms with E-state index < -0.39 is 46.1 Å². The fraction of sp³-hybridized carbons (Fsp3) is 0.200. The summed E-state index contributed by atoms with van der Waals surface area (Å²) in [5.74, 6) is -5.04. The number of carbonyl (C=O) groups excluding carboxylic acids is 2. The molecule has 0 aliphatic carbocycles. The highest BCUT2D eigenvalue weighted by Gasteiger charge is 2.28. The molecule has 0 spiro atoms. The van der Waals surface area contributed by atoms with Crippen molar-refractivity contribution in [2.45, 2.75) is 0 Å². The lowest BCUT2D eigenvalue weighted by atomic mass is 9.92. The number of rotatable bonds is 6. The minimum Gasteiger partial charge on any atom is -0.503 e. The van der Waals surface area contributed by atoms with Crippen LogP contribution in [0.3, 0.4) is 0 Å². The minimum atomic E-state index is -1.55. The summed E-state index contributed by atoms with van der Waals surface area (Å²) >= 11 is 0. The zero-order chi connectivity index (χ0) is 18.4. The molecule has 0 radical (unpaired) electrons. The maximum atomic E-state index is 11.9. The largest absolute Gasteiger partial charge is 0.503 e. The predicted octanol–water partition coefficient (Wildman–Crippen LogP) is 1.03. The van der Waals surface area contributed by atoms with Crippen LogP contribution in [0.2, 0.25) is 0 Å². The lowest BCUT2D eigenvalue weighted by molar-refractivity contribution is -0.133. The van der Waals surface area contributed by atoms with Crippen molar-refractivity contribution < 1.29 is 43.6 Å². The second-order valence-corrected chi connectivity index (χ2v) is 4.31. The smallest absolute Gasteiger partial charge is 0.341 e. The molecule has 0 saturated heterocycles. The van der Waals surface area contributed by atoms with Gasteiger partial charge in [-0.15, -0.1) is 0 Å². The Hall–Kier alpha value is -3.36. The molecule has 0 aliphatic rings. The van der Waals surface area contributed by atoms with E-state index in [9.17, 15) is 29.4 Å². The number of hydrogen-bond acceptors (Lipinski definition) is 7. The fourth-order valence-electron chi connectivity index (χ4n) is 1.94. The van der Waals surface area contributed by atoms with Crippen molar-refractivity contribution in [1.29, 1.82) is 0 Å².